The molecule has 13 rings (SSSR count). The summed E-state index contributed by atoms with van der Waals surface area (Å²) >= 11 is 16.9. The van der Waals surface area contributed by atoms with Gasteiger partial charge in [0.1, 0.15) is 52.1 Å². The Morgan fingerprint density at radius 3 is 1.44 bits per heavy atom. The summed E-state index contributed by atoms with van der Waals surface area (Å²) < 4.78 is 102. The maximum Gasteiger partial charge on any atom is 0.312 e. The molecule has 1 saturated heterocycles. The van der Waals surface area contributed by atoms with Crippen molar-refractivity contribution in [2.24, 2.45) is 0 Å². The first-order valence-electron chi connectivity index (χ1n) is 28.6. The Hall–Kier alpha value is -10.6. The first kappa shape index (κ1) is 76.4. The second-order valence-electron chi connectivity index (χ2n) is 20.0. The minimum Gasteiger partial charge on any atom is -0.497 e. The minimum atomic E-state index is -0.626. The Morgan fingerprint density at radius 1 is 0.500 bits per heavy atom. The van der Waals surface area contributed by atoms with E-state index in [1.54, 1.807) is 21.1 Å². The number of esters is 1. The minimum absolute atomic E-state index is 0. The Bertz CT molecular complexity index is 4520. The second kappa shape index (κ2) is 36.5. The molecule has 0 bridgehead atoms. The van der Waals surface area contributed by atoms with Gasteiger partial charge in [0.25, 0.3) is 11.8 Å². The summed E-state index contributed by atoms with van der Waals surface area (Å²) in [5.74, 6) is -1.41. The van der Waals surface area contributed by atoms with E-state index < -0.39 is 29.3 Å². The molecule has 7 aromatic carbocycles. The molecule has 2 aliphatic rings. The molecule has 10 N–H and O–H groups in total. The van der Waals surface area contributed by atoms with Crippen LogP contribution in [0.15, 0.2) is 127 Å². The molecular weight excluding hydrogens is 1370 g/mol. The fraction of sp³-hybridized carbons (Fsp3) is 0.185. The van der Waals surface area contributed by atoms with Gasteiger partial charge in [0.05, 0.1) is 97.0 Å². The number of benzene rings is 7. The van der Waals surface area contributed by atoms with Gasteiger partial charge in [-0.1, -0.05) is 34.8 Å². The van der Waals surface area contributed by atoms with Gasteiger partial charge >= 0.3 is 5.97 Å². The van der Waals surface area contributed by atoms with Crippen LogP contribution in [0.2, 0.25) is 15.5 Å². The number of nitrogens with zero attached hydrogens (tertiary/aromatic N) is 9. The van der Waals surface area contributed by atoms with Crippen LogP contribution in [0, 0.1) is 34.9 Å². The molecule has 33 heteroatoms. The smallest absolute Gasteiger partial charge is 0.312 e. The van der Waals surface area contributed by atoms with Crippen LogP contribution < -0.4 is 57.4 Å². The number of hydrogen-bond donors (Lipinski definition) is 6. The Balaban J connectivity index is 0.000000182. The Kier molecular flexibility index (Phi) is 28.5. The molecule has 1 fully saturated rings. The highest BCUT2D eigenvalue weighted by Crippen LogP contribution is 2.30. The number of nitrogens with two attached hydrogens (primary N) is 4. The lowest BCUT2D eigenvalue weighted by molar-refractivity contribution is -0.142. The highest BCUT2D eigenvalue weighted by Gasteiger charge is 2.23. The van der Waals surface area contributed by atoms with Crippen molar-refractivity contribution in [3.8, 4) is 23.3 Å². The number of carbonyl (C=O) groups excluding carboxylic acids is 3. The van der Waals surface area contributed by atoms with E-state index in [4.69, 9.17) is 81.4 Å². The zero-order chi connectivity index (χ0) is 70.5. The number of anilines is 6. The van der Waals surface area contributed by atoms with Crippen molar-refractivity contribution in [1.29, 1.82) is 0 Å². The monoisotopic (exact) mass is 1430 g/mol. The molecule has 0 radical (unpaired) electrons. The van der Waals surface area contributed by atoms with E-state index in [2.05, 4.69) is 55.4 Å². The molecule has 11 aromatic rings. The predicted molar refractivity (Wildman–Crippen MR) is 366 cm³/mol. The van der Waals surface area contributed by atoms with Crippen LogP contribution in [-0.2, 0) is 32.0 Å². The molecule has 98 heavy (non-hydrogen) atoms. The van der Waals surface area contributed by atoms with Crippen molar-refractivity contribution in [3.05, 3.63) is 189 Å². The van der Waals surface area contributed by atoms with Gasteiger partial charge in [0.2, 0.25) is 11.7 Å². The molecule has 2 aliphatic heterocycles. The van der Waals surface area contributed by atoms with Crippen LogP contribution in [0.5, 0.6) is 23.3 Å². The number of halogens is 10. The second-order valence-corrected chi connectivity index (χ2v) is 21.0. The van der Waals surface area contributed by atoms with E-state index in [9.17, 15) is 40.7 Å². The summed E-state index contributed by atoms with van der Waals surface area (Å²) in [5.41, 5.74) is 28.4. The number of fused-ring (bicyclic) bond motifs is 5. The maximum absolute atomic E-state index is 13.1. The van der Waals surface area contributed by atoms with Gasteiger partial charge in [-0.2, -0.15) is 0 Å². The zero-order valence-electron chi connectivity index (χ0n) is 52.5. The van der Waals surface area contributed by atoms with E-state index >= 15 is 0 Å². The Morgan fingerprint density at radius 2 is 0.939 bits per heavy atom. The van der Waals surface area contributed by atoms with Gasteiger partial charge < -0.3 is 62.2 Å². The molecule has 0 atom stereocenters. The number of hydrogen-bond acceptors (Lipinski definition) is 22. The van der Waals surface area contributed by atoms with Crippen molar-refractivity contribution < 1.29 is 64.4 Å². The van der Waals surface area contributed by atoms with Gasteiger partial charge in [-0.15, -0.1) is 12.4 Å². The van der Waals surface area contributed by atoms with Crippen molar-refractivity contribution in [1.82, 2.24) is 45.2 Å². The summed E-state index contributed by atoms with van der Waals surface area (Å²) in [6, 6.07) is 30.1. The first-order valence-corrected chi connectivity index (χ1v) is 29.7. The third kappa shape index (κ3) is 22.0. The number of amides is 1. The zero-order valence-corrected chi connectivity index (χ0v) is 55.6. The van der Waals surface area contributed by atoms with E-state index in [0.717, 1.165) is 43.4 Å². The fourth-order valence-corrected chi connectivity index (χ4v) is 8.97. The number of ether oxygens (including phenoxy) is 5. The summed E-state index contributed by atoms with van der Waals surface area (Å²) in [4.78, 5) is 67.6. The lowest BCUT2D eigenvalue weighted by atomic mass is 10.0. The van der Waals surface area contributed by atoms with Crippen molar-refractivity contribution in [3.63, 3.8) is 0 Å². The molecule has 4 aromatic heterocycles. The van der Waals surface area contributed by atoms with Crippen LogP contribution in [0.3, 0.4) is 0 Å². The average Bonchev–Trinajstić information content (AvgIpc) is 0.831. The molecule has 6 heterocycles. The van der Waals surface area contributed by atoms with Crippen molar-refractivity contribution >= 4 is 143 Å². The third-order valence-electron chi connectivity index (χ3n) is 13.2. The van der Waals surface area contributed by atoms with Crippen LogP contribution in [0.4, 0.5) is 60.7 Å². The fourth-order valence-electron chi connectivity index (χ4n) is 8.57. The summed E-state index contributed by atoms with van der Waals surface area (Å²) in [7, 11) is 6.25. The number of carbonyl (C=O) groups is 3. The molecule has 1 amide bonds. The van der Waals surface area contributed by atoms with E-state index in [-0.39, 0.29) is 99.7 Å². The van der Waals surface area contributed by atoms with Crippen LogP contribution >= 0.6 is 47.2 Å². The molecule has 0 spiro atoms. The molecule has 23 nitrogen and oxygen atoms in total. The van der Waals surface area contributed by atoms with E-state index in [1.165, 1.54) is 123 Å². The SMILES string of the molecule is CCOC(=O)Cc1nc2cc(F)ccc2nc1OC.COc1cc(OC)cc(N2CCNCC2)c1.COc1nc2ccc(F)cc2nc1N.Cl.Fc1ccc2nc(Cl)c(Cl)nc2c1.Nc1ccc(F)cc1N.Nc1nc2cc(F)ccc2nc1Cl.O=C1Cc2cc(F)ccc2NC1=O. The lowest BCUT2D eigenvalue weighted by Crippen LogP contribution is -2.43. The Labute approximate surface area is 576 Å². The predicted octanol–water partition coefficient (Wildman–Crippen LogP) is 11.7. The standard InChI is InChI=1S/C13H13FN2O3.C12H18N2O2.C9H8FN3O.C9H6FNO2.C8H3Cl2FN2.C8H5ClFN3.C6H7FN2.ClH/c1-3-19-12(17)7-11-13(18-2)16-9-5-4-8(14)6-10(9)15-11;1-15-11-7-10(8-12(9-11)16-2)14-5-3-13-4-6-14;1-14-9-8(11)12-7-4-5(10)2-3-6(7)13-9;10-6-1-2-7-5(3-6)4-8(12)9(13)11-7;9-7-8(10)13-6-3-4(11)1-2-5(6)12-7;9-7-8(11)13-6-3-4(10)1-2-5(6)12-7;7-4-1-2-5(8)6(9)3-4;/h4-6H,3,7H2,1-2H3;7-9,13H,3-6H2,1-2H3;2-4H,1H3,(H2,11,12);1-3H,4H2,(H,11,13);1-3H;1-3H,(H2,11,13);1-3H,8-9H2;1H. The number of nitrogens with one attached hydrogen (secondary N) is 2. The lowest BCUT2D eigenvalue weighted by Gasteiger charge is -2.29. The molecule has 0 unspecified atom stereocenters. The number of rotatable bonds is 8. The number of piperazine rings is 1. The molecule has 0 saturated carbocycles. The maximum atomic E-state index is 13.1. The van der Waals surface area contributed by atoms with E-state index in [0.29, 0.717) is 66.8 Å². The number of Topliss-reactive ketones (excluding diaryl/α,β-unsaturated/α-hetero) is 1. The largest absolute Gasteiger partial charge is 0.497 e. The molecule has 514 valence electrons. The van der Waals surface area contributed by atoms with Gasteiger partial charge in [-0.3, -0.25) is 14.4 Å². The summed E-state index contributed by atoms with van der Waals surface area (Å²) in [6.07, 6.45) is -0.0740. The van der Waals surface area contributed by atoms with Crippen LogP contribution in [-0.4, -0.2) is 119 Å². The van der Waals surface area contributed by atoms with Crippen LogP contribution in [0.1, 0.15) is 18.2 Å². The number of ketones is 1. The van der Waals surface area contributed by atoms with Gasteiger partial charge in [-0.05, 0) is 97.4 Å². The number of aromatic nitrogens is 8. The van der Waals surface area contributed by atoms with Gasteiger partial charge in [0.15, 0.2) is 27.1 Å². The quantitative estimate of drug-likeness (QED) is 0.0356. The third-order valence-corrected chi connectivity index (χ3v) is 14.1. The van der Waals surface area contributed by atoms with Crippen LogP contribution in [0.25, 0.3) is 44.1 Å². The molecule has 0 aliphatic carbocycles. The topological polar surface area (TPSA) is 332 Å². The first-order chi connectivity index (χ1) is 46.4. The van der Waals surface area contributed by atoms with E-state index in [1.807, 2.05) is 18.2 Å². The van der Waals surface area contributed by atoms with Gasteiger partial charge in [-0.25, -0.2) is 66.2 Å². The highest BCUT2D eigenvalue weighted by atomic mass is 35.5. The van der Waals surface area contributed by atoms with Crippen molar-refractivity contribution in [2.45, 2.75) is 19.8 Å². The van der Waals surface area contributed by atoms with Gasteiger partial charge in [0, 0.05) is 86.4 Å². The summed E-state index contributed by atoms with van der Waals surface area (Å²) in [6.45, 7) is 6.11. The average molecular weight is 1440 g/mol. The number of nitrogen functional groups attached to an aromatic ring is 4. The summed E-state index contributed by atoms with van der Waals surface area (Å²) in [5, 5.41) is 6.07. The highest BCUT2D eigenvalue weighted by molar-refractivity contribution is 6.42. The molecular formula is C65H61Cl4F6N15O8. The number of methoxy groups -OCH3 is 4. The normalized spacial score (nSPS) is 11.8. The van der Waals surface area contributed by atoms with Crippen molar-refractivity contribution in [2.75, 3.05) is 94.4 Å².